The van der Waals surface area contributed by atoms with E-state index >= 15 is 0 Å². The van der Waals surface area contributed by atoms with E-state index in [0.29, 0.717) is 25.2 Å². The lowest BCUT2D eigenvalue weighted by Gasteiger charge is -2.33. The molecule has 0 bridgehead atoms. The molecule has 0 radical (unpaired) electrons. The third-order valence-electron chi connectivity index (χ3n) is 6.51. The fraction of sp³-hybridized carbons (Fsp3) is 0.435. The van der Waals surface area contributed by atoms with Gasteiger partial charge in [0.25, 0.3) is 0 Å². The second-order valence-corrected chi connectivity index (χ2v) is 7.99. The molecule has 1 heterocycles. The van der Waals surface area contributed by atoms with Crippen molar-refractivity contribution in [2.75, 3.05) is 19.6 Å². The third kappa shape index (κ3) is 3.16. The molecular weight excluding hydrogens is 339 g/mol. The molecule has 2 aromatic carbocycles. The molecule has 142 valence electrons. The Morgan fingerprint density at radius 2 is 1.70 bits per heavy atom. The summed E-state index contributed by atoms with van der Waals surface area (Å²) < 4.78 is 14.6. The van der Waals surface area contributed by atoms with Gasteiger partial charge < -0.3 is 10.6 Å². The fourth-order valence-electron chi connectivity index (χ4n) is 5.08. The number of nitrogens with zero attached hydrogens (tertiary/aromatic N) is 1. The van der Waals surface area contributed by atoms with Gasteiger partial charge in [0.15, 0.2) is 0 Å². The fourth-order valence-corrected chi connectivity index (χ4v) is 5.08. The molecule has 2 fully saturated rings. The van der Waals surface area contributed by atoms with Crippen LogP contribution in [0.3, 0.4) is 0 Å². The minimum Gasteiger partial charge on any atom is -0.341 e. The topological polar surface area (TPSA) is 46.3 Å². The summed E-state index contributed by atoms with van der Waals surface area (Å²) in [7, 11) is 0. The monoisotopic (exact) mass is 366 g/mol. The summed E-state index contributed by atoms with van der Waals surface area (Å²) in [5.74, 6) is 0.318. The van der Waals surface area contributed by atoms with Gasteiger partial charge in [-0.2, -0.15) is 0 Å². The van der Waals surface area contributed by atoms with E-state index < -0.39 is 5.41 Å². The Morgan fingerprint density at radius 1 is 1.04 bits per heavy atom. The van der Waals surface area contributed by atoms with Gasteiger partial charge in [-0.05, 0) is 36.9 Å². The normalized spacial score (nSPS) is 24.3. The van der Waals surface area contributed by atoms with Crippen LogP contribution in [-0.2, 0) is 10.2 Å². The largest absolute Gasteiger partial charge is 0.341 e. The Morgan fingerprint density at radius 3 is 2.37 bits per heavy atom. The molecule has 0 aromatic heterocycles. The van der Waals surface area contributed by atoms with E-state index in [4.69, 9.17) is 5.73 Å². The van der Waals surface area contributed by atoms with Gasteiger partial charge in [-0.3, -0.25) is 4.79 Å². The average molecular weight is 366 g/mol. The van der Waals surface area contributed by atoms with E-state index in [1.165, 1.54) is 11.6 Å². The predicted octanol–water partition coefficient (Wildman–Crippen LogP) is 3.84. The molecule has 3 nitrogen and oxygen atoms in total. The molecule has 2 aromatic rings. The Balaban J connectivity index is 1.64. The summed E-state index contributed by atoms with van der Waals surface area (Å²) in [6.07, 6.45) is 3.39. The number of benzene rings is 2. The van der Waals surface area contributed by atoms with E-state index in [1.807, 2.05) is 29.2 Å². The van der Waals surface area contributed by atoms with Gasteiger partial charge in [0, 0.05) is 24.6 Å². The number of hydrogen-bond donors (Lipinski definition) is 1. The smallest absolute Gasteiger partial charge is 0.233 e. The van der Waals surface area contributed by atoms with E-state index in [-0.39, 0.29) is 23.6 Å². The number of hydrogen-bond acceptors (Lipinski definition) is 2. The number of rotatable bonds is 4. The molecule has 1 saturated heterocycles. The van der Waals surface area contributed by atoms with Crippen molar-refractivity contribution in [1.29, 1.82) is 0 Å². The lowest BCUT2D eigenvalue weighted by Crippen LogP contribution is -2.45. The van der Waals surface area contributed by atoms with Gasteiger partial charge >= 0.3 is 0 Å². The van der Waals surface area contributed by atoms with Crippen molar-refractivity contribution < 1.29 is 9.18 Å². The first kappa shape index (κ1) is 18.2. The van der Waals surface area contributed by atoms with Crippen LogP contribution >= 0.6 is 0 Å². The molecule has 0 spiro atoms. The molecule has 2 N–H and O–H groups in total. The molecule has 2 atom stereocenters. The van der Waals surface area contributed by atoms with Gasteiger partial charge in [-0.25, -0.2) is 4.39 Å². The summed E-state index contributed by atoms with van der Waals surface area (Å²) in [5.41, 5.74) is 7.14. The number of carbonyl (C=O) groups is 1. The van der Waals surface area contributed by atoms with E-state index in [9.17, 15) is 9.18 Å². The number of likely N-dealkylation sites (tertiary alicyclic amines) is 1. The molecule has 4 rings (SSSR count). The van der Waals surface area contributed by atoms with Crippen molar-refractivity contribution in [1.82, 2.24) is 4.90 Å². The van der Waals surface area contributed by atoms with Crippen molar-refractivity contribution in [3.63, 3.8) is 0 Å². The highest BCUT2D eigenvalue weighted by Gasteiger charge is 2.48. The van der Waals surface area contributed by atoms with Crippen LogP contribution in [-0.4, -0.2) is 30.4 Å². The van der Waals surface area contributed by atoms with E-state index in [0.717, 1.165) is 25.7 Å². The Hall–Kier alpha value is -2.20. The van der Waals surface area contributed by atoms with Gasteiger partial charge in [-0.15, -0.1) is 0 Å². The van der Waals surface area contributed by atoms with Crippen LogP contribution in [0.5, 0.6) is 0 Å². The van der Waals surface area contributed by atoms with Gasteiger partial charge in [0.2, 0.25) is 5.91 Å². The quantitative estimate of drug-likeness (QED) is 0.894. The minimum atomic E-state index is -0.712. The summed E-state index contributed by atoms with van der Waals surface area (Å²) >= 11 is 0. The van der Waals surface area contributed by atoms with Crippen LogP contribution in [0.15, 0.2) is 54.6 Å². The summed E-state index contributed by atoms with van der Waals surface area (Å²) in [6, 6.07) is 17.1. The second-order valence-electron chi connectivity index (χ2n) is 7.99. The minimum absolute atomic E-state index is 0.0852. The van der Waals surface area contributed by atoms with Gasteiger partial charge in [-0.1, -0.05) is 61.4 Å². The van der Waals surface area contributed by atoms with Crippen LogP contribution in [0.1, 0.15) is 42.7 Å². The average Bonchev–Trinajstić information content (AvgIpc) is 3.36. The molecule has 2 aliphatic rings. The third-order valence-corrected chi connectivity index (χ3v) is 6.51. The first-order valence-electron chi connectivity index (χ1n) is 9.95. The van der Waals surface area contributed by atoms with Crippen LogP contribution in [0, 0.1) is 11.7 Å². The first-order valence-corrected chi connectivity index (χ1v) is 9.95. The molecule has 1 amide bonds. The number of carbonyl (C=O) groups excluding carboxylic acids is 1. The van der Waals surface area contributed by atoms with Gasteiger partial charge in [0.05, 0.1) is 5.41 Å². The summed E-state index contributed by atoms with van der Waals surface area (Å²) in [5, 5.41) is 0. The number of nitrogens with two attached hydrogens (primary N) is 1. The molecule has 27 heavy (non-hydrogen) atoms. The zero-order valence-electron chi connectivity index (χ0n) is 15.6. The highest BCUT2D eigenvalue weighted by molar-refractivity contribution is 5.89. The van der Waals surface area contributed by atoms with Crippen LogP contribution in [0.4, 0.5) is 4.39 Å². The number of halogens is 1. The van der Waals surface area contributed by atoms with E-state index in [2.05, 4.69) is 12.1 Å². The van der Waals surface area contributed by atoms with Crippen LogP contribution in [0.2, 0.25) is 0 Å². The summed E-state index contributed by atoms with van der Waals surface area (Å²) in [6.45, 7) is 1.88. The summed E-state index contributed by atoms with van der Waals surface area (Å²) in [4.78, 5) is 15.6. The van der Waals surface area contributed by atoms with Crippen molar-refractivity contribution in [2.24, 2.45) is 11.7 Å². The maximum Gasteiger partial charge on any atom is 0.233 e. The maximum atomic E-state index is 14.6. The molecule has 4 heteroatoms. The Bertz CT molecular complexity index is 801. The highest BCUT2D eigenvalue weighted by atomic mass is 19.1. The second kappa shape index (κ2) is 7.43. The molecule has 1 aliphatic heterocycles. The molecular formula is C23H27FN2O. The number of amides is 1. The van der Waals surface area contributed by atoms with Crippen LogP contribution in [0.25, 0.3) is 0 Å². The van der Waals surface area contributed by atoms with Crippen molar-refractivity contribution >= 4 is 5.91 Å². The van der Waals surface area contributed by atoms with Crippen molar-refractivity contribution in [2.45, 2.75) is 37.0 Å². The lowest BCUT2D eigenvalue weighted by atomic mass is 9.77. The van der Waals surface area contributed by atoms with Gasteiger partial charge in [0.1, 0.15) is 5.82 Å². The molecule has 0 unspecified atom stereocenters. The zero-order valence-corrected chi connectivity index (χ0v) is 15.6. The molecule has 1 saturated carbocycles. The zero-order chi connectivity index (χ0) is 18.9. The van der Waals surface area contributed by atoms with Crippen molar-refractivity contribution in [3.8, 4) is 0 Å². The standard InChI is InChI=1S/C23H27FN2O/c24-21-11-5-4-10-20(21)23(12-6-7-13-23)22(27)26-15-18(14-25)19(16-26)17-8-2-1-3-9-17/h1-5,8-11,18-19H,6-7,12-16,25H2/t18-,19+/m1/s1. The van der Waals surface area contributed by atoms with Crippen molar-refractivity contribution in [3.05, 3.63) is 71.5 Å². The predicted molar refractivity (Wildman–Crippen MR) is 105 cm³/mol. The molecule has 1 aliphatic carbocycles. The van der Waals surface area contributed by atoms with E-state index in [1.54, 1.807) is 12.1 Å². The SMILES string of the molecule is NC[C@@H]1CN(C(=O)C2(c3ccccc3F)CCCC2)C[C@H]1c1ccccc1. The Labute approximate surface area is 160 Å². The Kier molecular flexibility index (Phi) is 5.00. The first-order chi connectivity index (χ1) is 13.2. The van der Waals surface area contributed by atoms with Crippen LogP contribution < -0.4 is 5.73 Å². The lowest BCUT2D eigenvalue weighted by molar-refractivity contribution is -0.136. The highest BCUT2D eigenvalue weighted by Crippen LogP contribution is 2.45. The maximum absolute atomic E-state index is 14.6.